The van der Waals surface area contributed by atoms with Crippen LogP contribution in [0.3, 0.4) is 0 Å². The summed E-state index contributed by atoms with van der Waals surface area (Å²) < 4.78 is 0. The van der Waals surface area contributed by atoms with Crippen molar-refractivity contribution in [1.82, 2.24) is 0 Å². The molecule has 0 aliphatic heterocycles. The third kappa shape index (κ3) is 5.34. The molecule has 1 radical (unpaired) electrons. The molecule has 0 saturated carbocycles. The molecule has 1 N–H and O–H groups in total. The van der Waals surface area contributed by atoms with Crippen LogP contribution in [0.4, 0.5) is 0 Å². The van der Waals surface area contributed by atoms with Crippen molar-refractivity contribution in [2.24, 2.45) is 5.92 Å². The molecule has 1 atom stereocenters. The first-order valence-corrected chi connectivity index (χ1v) is 3.18. The minimum atomic E-state index is -0.705. The molecule has 1 unspecified atom stereocenters. The Labute approximate surface area is 55.9 Å². The Morgan fingerprint density at radius 1 is 1.78 bits per heavy atom. The van der Waals surface area contributed by atoms with Crippen LogP contribution >= 0.6 is 0 Å². The maximum atomic E-state index is 10.0. The highest BCUT2D eigenvalue weighted by Crippen LogP contribution is 2.07. The molecule has 0 aromatic rings. The van der Waals surface area contributed by atoms with Gasteiger partial charge in [0, 0.05) is 6.42 Å². The van der Waals surface area contributed by atoms with Crippen molar-refractivity contribution in [2.75, 3.05) is 0 Å². The molecule has 0 aliphatic rings. The van der Waals surface area contributed by atoms with E-state index < -0.39 is 5.97 Å². The second-order valence-electron chi connectivity index (χ2n) is 2.24. The third-order valence-electron chi connectivity index (χ3n) is 1.38. The summed E-state index contributed by atoms with van der Waals surface area (Å²) in [7, 11) is 0. The van der Waals surface area contributed by atoms with Crippen molar-refractivity contribution in [2.45, 2.75) is 26.7 Å². The average molecular weight is 129 g/mol. The highest BCUT2D eigenvalue weighted by Gasteiger charge is 2.01. The van der Waals surface area contributed by atoms with Gasteiger partial charge in [0.05, 0.1) is 0 Å². The van der Waals surface area contributed by atoms with E-state index in [4.69, 9.17) is 5.11 Å². The van der Waals surface area contributed by atoms with Crippen molar-refractivity contribution in [3.8, 4) is 0 Å². The molecule has 0 amide bonds. The van der Waals surface area contributed by atoms with Gasteiger partial charge in [0.2, 0.25) is 0 Å². The fourth-order valence-electron chi connectivity index (χ4n) is 0.518. The zero-order valence-corrected chi connectivity index (χ0v) is 5.92. The Balaban J connectivity index is 3.16. The summed E-state index contributed by atoms with van der Waals surface area (Å²) in [6.07, 6.45) is 3.06. The fourth-order valence-corrected chi connectivity index (χ4v) is 0.518. The first-order valence-electron chi connectivity index (χ1n) is 3.18. The highest BCUT2D eigenvalue weighted by molar-refractivity contribution is 5.66. The van der Waals surface area contributed by atoms with Crippen molar-refractivity contribution < 1.29 is 9.90 Å². The fraction of sp³-hybridized carbons (Fsp3) is 0.714. The van der Waals surface area contributed by atoms with Gasteiger partial charge in [-0.2, -0.15) is 0 Å². The van der Waals surface area contributed by atoms with Crippen molar-refractivity contribution >= 4 is 5.97 Å². The smallest absolute Gasteiger partial charge is 0.303 e. The molecule has 53 valence electrons. The van der Waals surface area contributed by atoms with Gasteiger partial charge < -0.3 is 5.11 Å². The van der Waals surface area contributed by atoms with Gasteiger partial charge in [0.15, 0.2) is 0 Å². The van der Waals surface area contributed by atoms with E-state index in [1.54, 1.807) is 0 Å². The number of hydrogen-bond donors (Lipinski definition) is 1. The molecule has 0 rings (SSSR count). The molecular weight excluding hydrogens is 116 g/mol. The van der Waals surface area contributed by atoms with E-state index in [1.165, 1.54) is 0 Å². The average Bonchev–Trinajstić information content (AvgIpc) is 1.83. The summed E-state index contributed by atoms with van der Waals surface area (Å²) in [6.45, 7) is 3.97. The molecular formula is C7H13O2. The summed E-state index contributed by atoms with van der Waals surface area (Å²) in [5.41, 5.74) is 0. The van der Waals surface area contributed by atoms with E-state index in [0.717, 1.165) is 6.42 Å². The lowest BCUT2D eigenvalue weighted by Gasteiger charge is -2.03. The zero-order chi connectivity index (χ0) is 7.28. The van der Waals surface area contributed by atoms with Gasteiger partial charge in [-0.05, 0) is 18.8 Å². The van der Waals surface area contributed by atoms with E-state index in [9.17, 15) is 4.79 Å². The Bertz CT molecular complexity index is 88.9. The summed E-state index contributed by atoms with van der Waals surface area (Å²) in [4.78, 5) is 10.0. The van der Waals surface area contributed by atoms with Crippen LogP contribution in [0.5, 0.6) is 0 Å². The molecule has 0 heterocycles. The number of hydrogen-bond acceptors (Lipinski definition) is 1. The van der Waals surface area contributed by atoms with E-state index >= 15 is 0 Å². The molecule has 0 aromatic carbocycles. The first kappa shape index (κ1) is 8.47. The first-order chi connectivity index (χ1) is 4.16. The van der Waals surface area contributed by atoms with Gasteiger partial charge in [-0.3, -0.25) is 4.79 Å². The van der Waals surface area contributed by atoms with E-state index in [0.29, 0.717) is 5.92 Å². The van der Waals surface area contributed by atoms with E-state index in [-0.39, 0.29) is 6.42 Å². The number of aliphatic carboxylic acids is 1. The van der Waals surface area contributed by atoms with Crippen LogP contribution in [0, 0.1) is 12.3 Å². The highest BCUT2D eigenvalue weighted by atomic mass is 16.4. The molecule has 0 aliphatic carbocycles. The van der Waals surface area contributed by atoms with Crippen LogP contribution in [-0.2, 0) is 4.79 Å². The minimum absolute atomic E-state index is 0.283. The lowest BCUT2D eigenvalue weighted by atomic mass is 10.0. The van der Waals surface area contributed by atoms with Crippen molar-refractivity contribution in [3.05, 3.63) is 6.42 Å². The summed E-state index contributed by atoms with van der Waals surface area (Å²) >= 11 is 0. The van der Waals surface area contributed by atoms with Gasteiger partial charge in [0.1, 0.15) is 0 Å². The SMILES string of the molecule is C[CH]C(C)CCC(=O)O. The second-order valence-corrected chi connectivity index (χ2v) is 2.24. The zero-order valence-electron chi connectivity index (χ0n) is 5.92. The third-order valence-corrected chi connectivity index (χ3v) is 1.38. The van der Waals surface area contributed by atoms with Crippen LogP contribution in [-0.4, -0.2) is 11.1 Å². The topological polar surface area (TPSA) is 37.3 Å². The molecule has 2 nitrogen and oxygen atoms in total. The van der Waals surface area contributed by atoms with Gasteiger partial charge in [-0.1, -0.05) is 13.8 Å². The predicted octanol–water partition coefficient (Wildman–Crippen LogP) is 1.71. The molecule has 0 fully saturated rings. The van der Waals surface area contributed by atoms with Crippen molar-refractivity contribution in [3.63, 3.8) is 0 Å². The Morgan fingerprint density at radius 2 is 2.33 bits per heavy atom. The quantitative estimate of drug-likeness (QED) is 0.627. The Morgan fingerprint density at radius 3 is 2.67 bits per heavy atom. The van der Waals surface area contributed by atoms with Crippen molar-refractivity contribution in [1.29, 1.82) is 0 Å². The van der Waals surface area contributed by atoms with Gasteiger partial charge in [-0.15, -0.1) is 0 Å². The normalized spacial score (nSPS) is 13.1. The lowest BCUT2D eigenvalue weighted by molar-refractivity contribution is -0.137. The largest absolute Gasteiger partial charge is 0.481 e. The maximum absolute atomic E-state index is 10.0. The van der Waals surface area contributed by atoms with Crippen LogP contribution in [0.1, 0.15) is 26.7 Å². The maximum Gasteiger partial charge on any atom is 0.303 e. The van der Waals surface area contributed by atoms with Crippen LogP contribution < -0.4 is 0 Å². The monoisotopic (exact) mass is 129 g/mol. The Kier molecular flexibility index (Phi) is 4.10. The Hall–Kier alpha value is -0.530. The molecule has 9 heavy (non-hydrogen) atoms. The molecule has 0 spiro atoms. The van der Waals surface area contributed by atoms with Gasteiger partial charge in [0.25, 0.3) is 0 Å². The molecule has 2 heteroatoms. The van der Waals surface area contributed by atoms with E-state index in [2.05, 4.69) is 0 Å². The number of carboxylic acids is 1. The van der Waals surface area contributed by atoms with Crippen LogP contribution in [0.2, 0.25) is 0 Å². The minimum Gasteiger partial charge on any atom is -0.481 e. The lowest BCUT2D eigenvalue weighted by Crippen LogP contribution is -1.99. The van der Waals surface area contributed by atoms with Gasteiger partial charge in [-0.25, -0.2) is 0 Å². The molecule has 0 aromatic heterocycles. The molecule has 0 saturated heterocycles. The summed E-state index contributed by atoms with van der Waals surface area (Å²) in [5.74, 6) is -0.273. The van der Waals surface area contributed by atoms with Crippen LogP contribution in [0.15, 0.2) is 0 Å². The summed E-state index contributed by atoms with van der Waals surface area (Å²) in [6, 6.07) is 0. The number of carboxylic acid groups (broad SMARTS) is 1. The standard InChI is InChI=1S/C7H13O2/c1-3-6(2)4-5-7(8)9/h3,6H,4-5H2,1-2H3,(H,8,9). The number of rotatable bonds is 4. The van der Waals surface area contributed by atoms with Gasteiger partial charge >= 0.3 is 5.97 Å². The second kappa shape index (κ2) is 4.36. The van der Waals surface area contributed by atoms with Crippen LogP contribution in [0.25, 0.3) is 0 Å². The predicted molar refractivity (Wildman–Crippen MR) is 36.0 cm³/mol. The van der Waals surface area contributed by atoms with E-state index in [1.807, 2.05) is 20.3 Å². The molecule has 0 bridgehead atoms. The number of carbonyl (C=O) groups is 1. The summed E-state index contributed by atoms with van der Waals surface area (Å²) in [5, 5.41) is 8.24.